The molecule has 0 saturated heterocycles. The van der Waals surface area contributed by atoms with Gasteiger partial charge in [-0.2, -0.15) is 0 Å². The Kier molecular flexibility index (Phi) is 3.14. The Bertz CT molecular complexity index is 532. The third-order valence-corrected chi connectivity index (χ3v) is 2.91. The lowest BCUT2D eigenvalue weighted by atomic mass is 9.99. The normalized spacial score (nSPS) is 10.8. The lowest BCUT2D eigenvalue weighted by Gasteiger charge is -2.08. The molecule has 0 fully saturated rings. The van der Waals surface area contributed by atoms with E-state index in [0.717, 1.165) is 11.3 Å². The molecule has 2 rings (SSSR count). The summed E-state index contributed by atoms with van der Waals surface area (Å²) < 4.78 is 0. The van der Waals surface area contributed by atoms with Gasteiger partial charge in [-0.25, -0.2) is 4.98 Å². The second kappa shape index (κ2) is 4.58. The molecule has 0 radical (unpaired) electrons. The molecule has 0 saturated carbocycles. The maximum absolute atomic E-state index is 9.47. The molecule has 1 aromatic heterocycles. The van der Waals surface area contributed by atoms with Gasteiger partial charge in [0.15, 0.2) is 0 Å². The van der Waals surface area contributed by atoms with Gasteiger partial charge in [-0.05, 0) is 36.6 Å². The molecule has 2 aromatic rings. The van der Waals surface area contributed by atoms with Crippen LogP contribution in [0.4, 0.5) is 0 Å². The van der Waals surface area contributed by atoms with Gasteiger partial charge in [0.1, 0.15) is 5.75 Å². The molecule has 2 heteroatoms. The highest BCUT2D eigenvalue weighted by atomic mass is 16.3. The number of aryl methyl sites for hydroxylation is 1. The van der Waals surface area contributed by atoms with E-state index in [-0.39, 0.29) is 5.75 Å². The van der Waals surface area contributed by atoms with E-state index < -0.39 is 0 Å². The summed E-state index contributed by atoms with van der Waals surface area (Å²) in [6, 6.07) is 11.9. The van der Waals surface area contributed by atoms with Crippen LogP contribution in [0.25, 0.3) is 11.3 Å². The molecule has 2 nitrogen and oxygen atoms in total. The summed E-state index contributed by atoms with van der Waals surface area (Å²) in [5.41, 5.74) is 3.97. The van der Waals surface area contributed by atoms with Crippen LogP contribution in [0, 0.1) is 6.92 Å². The minimum absolute atomic E-state index is 0.244. The predicted molar refractivity (Wildman–Crippen MR) is 70.2 cm³/mol. The molecule has 1 N–H and O–H groups in total. The number of benzene rings is 1. The molecule has 0 aliphatic heterocycles. The Hall–Kier alpha value is -1.83. The van der Waals surface area contributed by atoms with E-state index in [1.165, 1.54) is 5.56 Å². The first-order chi connectivity index (χ1) is 8.08. The molecular formula is C15H17NO. The third-order valence-electron chi connectivity index (χ3n) is 2.91. The standard InChI is InChI=1S/C15H17NO/c1-10(2)12-5-4-6-13(9-12)14-7-8-15(17)11(3)16-14/h4-10,17H,1-3H3. The monoisotopic (exact) mass is 227 g/mol. The summed E-state index contributed by atoms with van der Waals surface area (Å²) in [5.74, 6) is 0.752. The van der Waals surface area contributed by atoms with E-state index in [9.17, 15) is 5.11 Å². The van der Waals surface area contributed by atoms with E-state index in [1.54, 1.807) is 6.07 Å². The highest BCUT2D eigenvalue weighted by Gasteiger charge is 2.05. The first kappa shape index (κ1) is 11.6. The zero-order chi connectivity index (χ0) is 12.4. The number of pyridine rings is 1. The van der Waals surface area contributed by atoms with Crippen LogP contribution < -0.4 is 0 Å². The highest BCUT2D eigenvalue weighted by Crippen LogP contribution is 2.24. The van der Waals surface area contributed by atoms with Gasteiger partial charge in [0.05, 0.1) is 11.4 Å². The zero-order valence-corrected chi connectivity index (χ0v) is 10.4. The van der Waals surface area contributed by atoms with Crippen molar-refractivity contribution in [3.8, 4) is 17.0 Å². The maximum Gasteiger partial charge on any atom is 0.136 e. The fourth-order valence-electron chi connectivity index (χ4n) is 1.77. The van der Waals surface area contributed by atoms with Crippen molar-refractivity contribution in [2.75, 3.05) is 0 Å². The Morgan fingerprint density at radius 2 is 1.88 bits per heavy atom. The molecule has 17 heavy (non-hydrogen) atoms. The van der Waals surface area contributed by atoms with Gasteiger partial charge in [-0.1, -0.05) is 32.0 Å². The van der Waals surface area contributed by atoms with Crippen LogP contribution in [0.15, 0.2) is 36.4 Å². The van der Waals surface area contributed by atoms with Crippen LogP contribution in [-0.4, -0.2) is 10.1 Å². The quantitative estimate of drug-likeness (QED) is 0.844. The number of nitrogens with zero attached hydrogens (tertiary/aromatic N) is 1. The maximum atomic E-state index is 9.47. The minimum Gasteiger partial charge on any atom is -0.506 e. The predicted octanol–water partition coefficient (Wildman–Crippen LogP) is 3.89. The highest BCUT2D eigenvalue weighted by molar-refractivity contribution is 5.61. The van der Waals surface area contributed by atoms with Crippen molar-refractivity contribution in [1.29, 1.82) is 0 Å². The van der Waals surface area contributed by atoms with Gasteiger partial charge in [-0.3, -0.25) is 0 Å². The largest absolute Gasteiger partial charge is 0.506 e. The van der Waals surface area contributed by atoms with Crippen LogP contribution in [0.3, 0.4) is 0 Å². The second-order valence-corrected chi connectivity index (χ2v) is 4.58. The fraction of sp³-hybridized carbons (Fsp3) is 0.267. The molecule has 0 atom stereocenters. The molecule has 88 valence electrons. The Labute approximate surface area is 102 Å². The van der Waals surface area contributed by atoms with Crippen molar-refractivity contribution in [1.82, 2.24) is 4.98 Å². The van der Waals surface area contributed by atoms with Crippen LogP contribution in [0.1, 0.15) is 31.0 Å². The summed E-state index contributed by atoms with van der Waals surface area (Å²) in [6.45, 7) is 6.16. The third kappa shape index (κ3) is 2.47. The van der Waals surface area contributed by atoms with Crippen LogP contribution >= 0.6 is 0 Å². The van der Waals surface area contributed by atoms with Crippen molar-refractivity contribution in [2.24, 2.45) is 0 Å². The van der Waals surface area contributed by atoms with Crippen molar-refractivity contribution < 1.29 is 5.11 Å². The van der Waals surface area contributed by atoms with Gasteiger partial charge < -0.3 is 5.11 Å². The Morgan fingerprint density at radius 1 is 1.12 bits per heavy atom. The first-order valence-corrected chi connectivity index (χ1v) is 5.85. The molecule has 0 spiro atoms. The molecule has 0 aliphatic rings. The van der Waals surface area contributed by atoms with Crippen LogP contribution in [0.2, 0.25) is 0 Å². The van der Waals surface area contributed by atoms with Crippen molar-refractivity contribution in [3.63, 3.8) is 0 Å². The van der Waals surface area contributed by atoms with Gasteiger partial charge in [0, 0.05) is 5.56 Å². The van der Waals surface area contributed by atoms with E-state index >= 15 is 0 Å². The Balaban J connectivity index is 2.45. The number of hydrogen-bond acceptors (Lipinski definition) is 2. The molecule has 0 bridgehead atoms. The average Bonchev–Trinajstić information content (AvgIpc) is 2.33. The smallest absolute Gasteiger partial charge is 0.136 e. The van der Waals surface area contributed by atoms with E-state index in [2.05, 4.69) is 37.0 Å². The van der Waals surface area contributed by atoms with Crippen LogP contribution in [0.5, 0.6) is 5.75 Å². The molecule has 1 aromatic carbocycles. The van der Waals surface area contributed by atoms with Crippen molar-refractivity contribution in [3.05, 3.63) is 47.7 Å². The first-order valence-electron chi connectivity index (χ1n) is 5.85. The average molecular weight is 227 g/mol. The summed E-state index contributed by atoms with van der Waals surface area (Å²) in [4.78, 5) is 4.39. The molecule has 0 aliphatic carbocycles. The number of aromatic nitrogens is 1. The molecule has 0 unspecified atom stereocenters. The number of hydrogen-bond donors (Lipinski definition) is 1. The van der Waals surface area contributed by atoms with Crippen molar-refractivity contribution in [2.45, 2.75) is 26.7 Å². The Morgan fingerprint density at radius 3 is 2.53 bits per heavy atom. The summed E-state index contributed by atoms with van der Waals surface area (Å²) in [7, 11) is 0. The molecule has 0 amide bonds. The summed E-state index contributed by atoms with van der Waals surface area (Å²) >= 11 is 0. The number of aromatic hydroxyl groups is 1. The lowest BCUT2D eigenvalue weighted by molar-refractivity contribution is 0.468. The van der Waals surface area contributed by atoms with E-state index in [4.69, 9.17) is 0 Å². The second-order valence-electron chi connectivity index (χ2n) is 4.58. The fourth-order valence-corrected chi connectivity index (χ4v) is 1.77. The SMILES string of the molecule is Cc1nc(-c2cccc(C(C)C)c2)ccc1O. The topological polar surface area (TPSA) is 33.1 Å². The van der Waals surface area contributed by atoms with E-state index in [1.807, 2.05) is 19.1 Å². The van der Waals surface area contributed by atoms with Crippen molar-refractivity contribution >= 4 is 0 Å². The minimum atomic E-state index is 0.244. The van der Waals surface area contributed by atoms with Crippen LogP contribution in [-0.2, 0) is 0 Å². The molecule has 1 heterocycles. The van der Waals surface area contributed by atoms with Gasteiger partial charge in [-0.15, -0.1) is 0 Å². The van der Waals surface area contributed by atoms with Gasteiger partial charge in [0.25, 0.3) is 0 Å². The number of rotatable bonds is 2. The molecular weight excluding hydrogens is 210 g/mol. The summed E-state index contributed by atoms with van der Waals surface area (Å²) in [6.07, 6.45) is 0. The summed E-state index contributed by atoms with van der Waals surface area (Å²) in [5, 5.41) is 9.47. The zero-order valence-electron chi connectivity index (χ0n) is 10.4. The lowest BCUT2D eigenvalue weighted by Crippen LogP contribution is -1.90. The van der Waals surface area contributed by atoms with Gasteiger partial charge in [0.2, 0.25) is 0 Å². The van der Waals surface area contributed by atoms with E-state index in [0.29, 0.717) is 11.6 Å². The van der Waals surface area contributed by atoms with Gasteiger partial charge >= 0.3 is 0 Å².